The predicted octanol–water partition coefficient (Wildman–Crippen LogP) is 5.30. The van der Waals surface area contributed by atoms with Gasteiger partial charge in [-0.05, 0) is 43.2 Å². The Balaban J connectivity index is 2.04. The van der Waals surface area contributed by atoms with Gasteiger partial charge in [0.1, 0.15) is 11.5 Å². The zero-order chi connectivity index (χ0) is 21.7. The molecular formula is C24H27NO4S. The van der Waals surface area contributed by atoms with Crippen LogP contribution >= 0.6 is 11.8 Å². The van der Waals surface area contributed by atoms with Crippen LogP contribution in [-0.2, 0) is 9.59 Å². The van der Waals surface area contributed by atoms with Gasteiger partial charge in [-0.25, -0.2) is 4.90 Å². The van der Waals surface area contributed by atoms with Crippen molar-refractivity contribution in [1.82, 2.24) is 0 Å². The lowest BCUT2D eigenvalue weighted by Gasteiger charge is -2.19. The van der Waals surface area contributed by atoms with Crippen molar-refractivity contribution in [2.45, 2.75) is 39.4 Å². The molecule has 0 fully saturated rings. The average molecular weight is 426 g/mol. The lowest BCUT2D eigenvalue weighted by atomic mass is 10.1. The zero-order valence-corrected chi connectivity index (χ0v) is 18.6. The van der Waals surface area contributed by atoms with Gasteiger partial charge in [0.2, 0.25) is 0 Å². The van der Waals surface area contributed by atoms with Crippen LogP contribution in [0.15, 0.2) is 53.4 Å². The number of rotatable bonds is 9. The molecule has 3 rings (SSSR count). The van der Waals surface area contributed by atoms with Gasteiger partial charge in [0.05, 0.1) is 29.4 Å². The highest BCUT2D eigenvalue weighted by Gasteiger charge is 2.41. The Morgan fingerprint density at radius 1 is 0.933 bits per heavy atom. The van der Waals surface area contributed by atoms with Crippen LogP contribution in [0.25, 0.3) is 5.57 Å². The van der Waals surface area contributed by atoms with Crippen LogP contribution in [0.3, 0.4) is 0 Å². The number of ether oxygens (including phenoxy) is 2. The van der Waals surface area contributed by atoms with Crippen LogP contribution in [0.4, 0.5) is 5.69 Å². The molecule has 1 aliphatic rings. The van der Waals surface area contributed by atoms with Crippen molar-refractivity contribution in [2.75, 3.05) is 18.1 Å². The second-order valence-electron chi connectivity index (χ2n) is 7.09. The van der Waals surface area contributed by atoms with Crippen molar-refractivity contribution in [3.63, 3.8) is 0 Å². The van der Waals surface area contributed by atoms with E-state index in [-0.39, 0.29) is 17.1 Å². The number of nitrogens with zero attached hydrogens (tertiary/aromatic N) is 1. The first-order chi connectivity index (χ1) is 14.5. The summed E-state index contributed by atoms with van der Waals surface area (Å²) in [6.07, 6.45) is 0.834. The summed E-state index contributed by atoms with van der Waals surface area (Å²) in [4.78, 5) is 28.6. The number of para-hydroxylation sites is 2. The number of carbonyl (C=O) groups is 2. The molecule has 0 atom stereocenters. The largest absolute Gasteiger partial charge is 0.494 e. The Morgan fingerprint density at radius 2 is 1.63 bits per heavy atom. The van der Waals surface area contributed by atoms with Gasteiger partial charge >= 0.3 is 0 Å². The first kappa shape index (κ1) is 22.0. The summed E-state index contributed by atoms with van der Waals surface area (Å²) in [5.41, 5.74) is 1.60. The quantitative estimate of drug-likeness (QED) is 0.510. The highest BCUT2D eigenvalue weighted by Crippen LogP contribution is 2.42. The highest BCUT2D eigenvalue weighted by molar-refractivity contribution is 8.04. The van der Waals surface area contributed by atoms with Gasteiger partial charge < -0.3 is 9.47 Å². The number of anilines is 1. The van der Waals surface area contributed by atoms with E-state index in [9.17, 15) is 9.59 Å². The SMILES string of the molecule is CCCOc1ccccc1N1C(=O)C(SC(C)C)=C(c2ccc(OCC)cc2)C1=O. The molecule has 0 aromatic heterocycles. The molecule has 0 saturated carbocycles. The van der Waals surface area contributed by atoms with Crippen LogP contribution < -0.4 is 14.4 Å². The van der Waals surface area contributed by atoms with Gasteiger partial charge in [0.25, 0.3) is 11.8 Å². The van der Waals surface area contributed by atoms with Crippen molar-refractivity contribution in [3.8, 4) is 11.5 Å². The molecule has 2 amide bonds. The van der Waals surface area contributed by atoms with E-state index in [1.54, 1.807) is 18.2 Å². The number of hydrogen-bond acceptors (Lipinski definition) is 5. The summed E-state index contributed by atoms with van der Waals surface area (Å²) in [5.74, 6) is 0.615. The van der Waals surface area contributed by atoms with Crippen molar-refractivity contribution in [2.24, 2.45) is 0 Å². The van der Waals surface area contributed by atoms with Gasteiger partial charge in [0.15, 0.2) is 0 Å². The fraction of sp³-hybridized carbons (Fsp3) is 0.333. The molecule has 0 saturated heterocycles. The fourth-order valence-corrected chi connectivity index (χ4v) is 4.18. The average Bonchev–Trinajstić information content (AvgIpc) is 2.97. The van der Waals surface area contributed by atoms with Crippen molar-refractivity contribution < 1.29 is 19.1 Å². The first-order valence-electron chi connectivity index (χ1n) is 10.2. The standard InChI is InChI=1S/C24H27NO4S/c1-5-15-29-20-10-8-7-9-19(20)25-23(26)21(22(24(25)27)30-16(3)4)17-11-13-18(14-12-17)28-6-2/h7-14,16H,5-6,15H2,1-4H3. The summed E-state index contributed by atoms with van der Waals surface area (Å²) >= 11 is 1.41. The minimum atomic E-state index is -0.333. The maximum atomic E-state index is 13.5. The molecule has 0 bridgehead atoms. The topological polar surface area (TPSA) is 55.8 Å². The molecule has 2 aromatic rings. The molecule has 0 aliphatic carbocycles. The minimum absolute atomic E-state index is 0.154. The smallest absolute Gasteiger partial charge is 0.272 e. The summed E-state index contributed by atoms with van der Waals surface area (Å²) in [5, 5.41) is 0.154. The third kappa shape index (κ3) is 4.54. The predicted molar refractivity (Wildman–Crippen MR) is 122 cm³/mol. The van der Waals surface area contributed by atoms with Crippen LogP contribution in [0, 0.1) is 0 Å². The normalized spacial score (nSPS) is 14.1. The Labute approximate surface area is 182 Å². The van der Waals surface area contributed by atoms with E-state index in [1.165, 1.54) is 16.7 Å². The van der Waals surface area contributed by atoms with Crippen LogP contribution in [0.1, 0.15) is 39.7 Å². The fourth-order valence-electron chi connectivity index (χ4n) is 3.19. The van der Waals surface area contributed by atoms with Gasteiger partial charge in [-0.15, -0.1) is 11.8 Å². The minimum Gasteiger partial charge on any atom is -0.494 e. The Hall–Kier alpha value is -2.73. The Kier molecular flexibility index (Phi) is 7.21. The van der Waals surface area contributed by atoms with E-state index >= 15 is 0 Å². The van der Waals surface area contributed by atoms with Crippen LogP contribution in [0.2, 0.25) is 0 Å². The molecule has 0 unspecified atom stereocenters. The number of thioether (sulfide) groups is 1. The van der Waals surface area contributed by atoms with E-state index in [0.717, 1.165) is 12.2 Å². The number of hydrogen-bond donors (Lipinski definition) is 0. The van der Waals surface area contributed by atoms with E-state index in [2.05, 4.69) is 0 Å². The molecule has 2 aromatic carbocycles. The molecule has 0 spiro atoms. The van der Waals surface area contributed by atoms with Crippen molar-refractivity contribution >= 4 is 34.8 Å². The lowest BCUT2D eigenvalue weighted by Crippen LogP contribution is -2.31. The highest BCUT2D eigenvalue weighted by atomic mass is 32.2. The first-order valence-corrected chi connectivity index (χ1v) is 11.1. The summed E-state index contributed by atoms with van der Waals surface area (Å²) in [6.45, 7) is 9.02. The van der Waals surface area contributed by atoms with E-state index in [4.69, 9.17) is 9.47 Å². The molecule has 6 heteroatoms. The number of amides is 2. The van der Waals surface area contributed by atoms with Gasteiger partial charge in [-0.2, -0.15) is 0 Å². The Bertz CT molecular complexity index is 950. The molecule has 1 aliphatic heterocycles. The van der Waals surface area contributed by atoms with Crippen molar-refractivity contribution in [1.29, 1.82) is 0 Å². The third-order valence-electron chi connectivity index (χ3n) is 4.42. The molecule has 30 heavy (non-hydrogen) atoms. The van der Waals surface area contributed by atoms with Crippen molar-refractivity contribution in [3.05, 3.63) is 59.0 Å². The molecular weight excluding hydrogens is 398 g/mol. The Morgan fingerprint density at radius 3 is 2.27 bits per heavy atom. The zero-order valence-electron chi connectivity index (χ0n) is 17.8. The maximum absolute atomic E-state index is 13.5. The van der Waals surface area contributed by atoms with Gasteiger partial charge in [-0.1, -0.05) is 45.0 Å². The van der Waals surface area contributed by atoms with E-state index in [1.807, 2.05) is 58.0 Å². The molecule has 0 radical (unpaired) electrons. The van der Waals surface area contributed by atoms with Crippen LogP contribution in [-0.4, -0.2) is 30.3 Å². The number of carbonyl (C=O) groups excluding carboxylic acids is 2. The third-order valence-corrected chi connectivity index (χ3v) is 5.50. The second-order valence-corrected chi connectivity index (χ2v) is 8.68. The summed E-state index contributed by atoms with van der Waals surface area (Å²) in [7, 11) is 0. The number of imide groups is 1. The summed E-state index contributed by atoms with van der Waals surface area (Å²) < 4.78 is 11.3. The molecule has 158 valence electrons. The summed E-state index contributed by atoms with van der Waals surface area (Å²) in [6, 6.07) is 14.5. The van der Waals surface area contributed by atoms with Gasteiger partial charge in [-0.3, -0.25) is 9.59 Å². The maximum Gasteiger partial charge on any atom is 0.272 e. The number of benzene rings is 2. The van der Waals surface area contributed by atoms with Gasteiger partial charge in [0, 0.05) is 5.25 Å². The second kappa shape index (κ2) is 9.85. The van der Waals surface area contributed by atoms with E-state index < -0.39 is 0 Å². The lowest BCUT2D eigenvalue weighted by molar-refractivity contribution is -0.119. The molecule has 0 N–H and O–H groups in total. The van der Waals surface area contributed by atoms with E-state index in [0.29, 0.717) is 40.7 Å². The van der Waals surface area contributed by atoms with Crippen LogP contribution in [0.5, 0.6) is 11.5 Å². The molecule has 5 nitrogen and oxygen atoms in total. The monoisotopic (exact) mass is 425 g/mol. The molecule has 1 heterocycles.